The van der Waals surface area contributed by atoms with Crippen molar-refractivity contribution in [2.75, 3.05) is 25.2 Å². The molecule has 7 nitrogen and oxygen atoms in total. The Morgan fingerprint density at radius 3 is 2.20 bits per heavy atom. The Balaban J connectivity index is 0.000000698. The summed E-state index contributed by atoms with van der Waals surface area (Å²) in [6.45, 7) is 7.57. The molecule has 0 radical (unpaired) electrons. The summed E-state index contributed by atoms with van der Waals surface area (Å²) in [7, 11) is 1.00. The Labute approximate surface area is 210 Å². The minimum Gasteiger partial charge on any atom is -0.459 e. The molecule has 0 saturated heterocycles. The van der Waals surface area contributed by atoms with Gasteiger partial charge in [-0.25, -0.2) is 0 Å². The van der Waals surface area contributed by atoms with Gasteiger partial charge in [0.2, 0.25) is 6.41 Å². The van der Waals surface area contributed by atoms with E-state index in [0.29, 0.717) is 6.41 Å². The highest BCUT2D eigenvalue weighted by molar-refractivity contribution is 5.86. The molecule has 0 aliphatic carbocycles. The molecule has 35 heavy (non-hydrogen) atoms. The Morgan fingerprint density at radius 1 is 1.06 bits per heavy atom. The standard InChI is InChI=1S/C17H25NO3.C10H15NO.CH4O/c1-5-6-9-14-10-7-8-11-15(14)18(13-19)12-16(20)21-17(2,3)4;11-10(8-12)7-6-9-4-2-1-3-5-9;1-2/h7-8,10-11,13H,5-6,9,12H2,1-4H3;1-5,10,12H,6-8,11H2;2H,1H3. The van der Waals surface area contributed by atoms with E-state index < -0.39 is 11.6 Å². The smallest absolute Gasteiger partial charge is 0.326 e. The number of anilines is 1. The zero-order valence-corrected chi connectivity index (χ0v) is 21.9. The monoisotopic (exact) mass is 488 g/mol. The van der Waals surface area contributed by atoms with E-state index in [0.717, 1.165) is 50.5 Å². The third kappa shape index (κ3) is 15.0. The summed E-state index contributed by atoms with van der Waals surface area (Å²) in [6, 6.07) is 17.8. The summed E-state index contributed by atoms with van der Waals surface area (Å²) < 4.78 is 5.27. The summed E-state index contributed by atoms with van der Waals surface area (Å²) in [5, 5.41) is 15.7. The van der Waals surface area contributed by atoms with Crippen LogP contribution in [0.5, 0.6) is 0 Å². The summed E-state index contributed by atoms with van der Waals surface area (Å²) >= 11 is 0. The number of para-hydroxylation sites is 1. The van der Waals surface area contributed by atoms with E-state index in [1.54, 1.807) is 0 Å². The van der Waals surface area contributed by atoms with Crippen LogP contribution in [0, 0.1) is 0 Å². The summed E-state index contributed by atoms with van der Waals surface area (Å²) in [6.07, 6.45) is 5.51. The minimum absolute atomic E-state index is 0.0656. The number of carbonyl (C=O) groups excluding carboxylic acids is 2. The largest absolute Gasteiger partial charge is 0.459 e. The number of aliphatic hydroxyl groups is 2. The van der Waals surface area contributed by atoms with Gasteiger partial charge < -0.3 is 25.6 Å². The molecule has 2 rings (SSSR count). The van der Waals surface area contributed by atoms with Gasteiger partial charge in [-0.15, -0.1) is 0 Å². The van der Waals surface area contributed by atoms with Gasteiger partial charge in [0, 0.05) is 18.8 Å². The van der Waals surface area contributed by atoms with E-state index in [2.05, 4.69) is 19.1 Å². The number of amides is 1. The number of aliphatic hydroxyl groups excluding tert-OH is 2. The van der Waals surface area contributed by atoms with E-state index in [9.17, 15) is 9.59 Å². The molecule has 0 aromatic heterocycles. The molecule has 0 heterocycles. The molecule has 0 aliphatic rings. The van der Waals surface area contributed by atoms with E-state index in [4.69, 9.17) is 20.7 Å². The molecule has 1 unspecified atom stereocenters. The fourth-order valence-corrected chi connectivity index (χ4v) is 3.15. The molecule has 2 aromatic carbocycles. The lowest BCUT2D eigenvalue weighted by molar-refractivity contribution is -0.153. The number of rotatable bonds is 11. The van der Waals surface area contributed by atoms with Gasteiger partial charge in [0.25, 0.3) is 0 Å². The lowest BCUT2D eigenvalue weighted by Crippen LogP contribution is -2.34. The number of esters is 1. The Morgan fingerprint density at radius 2 is 1.66 bits per heavy atom. The van der Waals surface area contributed by atoms with Crippen LogP contribution in [0.25, 0.3) is 0 Å². The number of unbranched alkanes of at least 4 members (excludes halogenated alkanes) is 1. The molecule has 1 amide bonds. The second-order valence-electron chi connectivity index (χ2n) is 9.02. The molecule has 2 aromatic rings. The highest BCUT2D eigenvalue weighted by atomic mass is 16.6. The van der Waals surface area contributed by atoms with Gasteiger partial charge in [0.15, 0.2) is 0 Å². The third-order valence-corrected chi connectivity index (χ3v) is 4.83. The maximum absolute atomic E-state index is 11.9. The first kappa shape index (κ1) is 32.3. The van der Waals surface area contributed by atoms with Crippen LogP contribution in [0.15, 0.2) is 54.6 Å². The third-order valence-electron chi connectivity index (χ3n) is 4.83. The number of nitrogens with two attached hydrogens (primary N) is 1. The SMILES string of the molecule is CCCCc1ccccc1N(C=O)CC(=O)OC(C)(C)C.CO.NC(CO)CCc1ccccc1. The van der Waals surface area contributed by atoms with Crippen molar-refractivity contribution in [3.05, 3.63) is 65.7 Å². The van der Waals surface area contributed by atoms with Crippen molar-refractivity contribution in [2.45, 2.75) is 71.4 Å². The average molecular weight is 489 g/mol. The normalized spacial score (nSPS) is 11.2. The maximum atomic E-state index is 11.9. The van der Waals surface area contributed by atoms with Crippen molar-refractivity contribution in [1.82, 2.24) is 0 Å². The second-order valence-corrected chi connectivity index (χ2v) is 9.02. The molecule has 1 atom stereocenters. The highest BCUT2D eigenvalue weighted by Crippen LogP contribution is 2.21. The number of hydrogen-bond donors (Lipinski definition) is 3. The molecule has 0 spiro atoms. The first-order chi connectivity index (χ1) is 16.7. The van der Waals surface area contributed by atoms with Crippen LogP contribution in [0.1, 0.15) is 58.1 Å². The van der Waals surface area contributed by atoms with Crippen LogP contribution in [-0.2, 0) is 27.2 Å². The van der Waals surface area contributed by atoms with E-state index >= 15 is 0 Å². The van der Waals surface area contributed by atoms with Crippen LogP contribution in [0.3, 0.4) is 0 Å². The van der Waals surface area contributed by atoms with Crippen LogP contribution in [0.2, 0.25) is 0 Å². The van der Waals surface area contributed by atoms with E-state index in [-0.39, 0.29) is 19.2 Å². The number of carbonyl (C=O) groups is 2. The molecule has 0 aliphatic heterocycles. The Hall–Kier alpha value is -2.74. The zero-order chi connectivity index (χ0) is 26.7. The summed E-state index contributed by atoms with van der Waals surface area (Å²) in [5.74, 6) is -0.403. The molecule has 4 N–H and O–H groups in total. The maximum Gasteiger partial charge on any atom is 0.326 e. The van der Waals surface area contributed by atoms with Gasteiger partial charge in [0.1, 0.15) is 12.1 Å². The van der Waals surface area contributed by atoms with Crippen LogP contribution >= 0.6 is 0 Å². The van der Waals surface area contributed by atoms with Gasteiger partial charge >= 0.3 is 5.97 Å². The minimum atomic E-state index is -0.548. The zero-order valence-electron chi connectivity index (χ0n) is 21.9. The number of hydrogen-bond acceptors (Lipinski definition) is 6. The van der Waals surface area contributed by atoms with Crippen molar-refractivity contribution in [1.29, 1.82) is 0 Å². The molecular weight excluding hydrogens is 444 g/mol. The van der Waals surface area contributed by atoms with Gasteiger partial charge in [-0.3, -0.25) is 9.59 Å². The van der Waals surface area contributed by atoms with Crippen molar-refractivity contribution in [3.63, 3.8) is 0 Å². The molecule has 0 fully saturated rings. The summed E-state index contributed by atoms with van der Waals surface area (Å²) in [4.78, 5) is 24.7. The van der Waals surface area contributed by atoms with E-state index in [1.807, 2.05) is 63.2 Å². The lowest BCUT2D eigenvalue weighted by atomic mass is 10.1. The number of benzene rings is 2. The second kappa shape index (κ2) is 18.6. The molecule has 196 valence electrons. The van der Waals surface area contributed by atoms with Gasteiger partial charge in [-0.2, -0.15) is 0 Å². The van der Waals surface area contributed by atoms with Crippen molar-refractivity contribution in [2.24, 2.45) is 5.73 Å². The quantitative estimate of drug-likeness (QED) is 0.327. The molecule has 0 bridgehead atoms. The lowest BCUT2D eigenvalue weighted by Gasteiger charge is -2.24. The predicted molar refractivity (Wildman–Crippen MR) is 142 cm³/mol. The average Bonchev–Trinajstić information content (AvgIpc) is 2.86. The Bertz CT molecular complexity index is 822. The van der Waals surface area contributed by atoms with Crippen LogP contribution in [0.4, 0.5) is 5.69 Å². The fourth-order valence-electron chi connectivity index (χ4n) is 3.15. The summed E-state index contributed by atoms with van der Waals surface area (Å²) in [5.41, 5.74) is 8.16. The number of aryl methyl sites for hydroxylation is 2. The first-order valence-electron chi connectivity index (χ1n) is 12.1. The topological polar surface area (TPSA) is 113 Å². The fraction of sp³-hybridized carbons (Fsp3) is 0.500. The van der Waals surface area contributed by atoms with Crippen molar-refractivity contribution < 1.29 is 24.5 Å². The number of ether oxygens (including phenoxy) is 1. The number of nitrogens with zero attached hydrogens (tertiary/aromatic N) is 1. The Kier molecular flexibility index (Phi) is 17.1. The van der Waals surface area contributed by atoms with Gasteiger partial charge in [-0.05, 0) is 63.6 Å². The van der Waals surface area contributed by atoms with Gasteiger partial charge in [0.05, 0.1) is 6.61 Å². The molecular formula is C28H44N2O5. The van der Waals surface area contributed by atoms with Gasteiger partial charge in [-0.1, -0.05) is 61.9 Å². The molecule has 0 saturated carbocycles. The van der Waals surface area contributed by atoms with Crippen LogP contribution in [-0.4, -0.2) is 54.5 Å². The van der Waals surface area contributed by atoms with Crippen LogP contribution < -0.4 is 10.6 Å². The highest BCUT2D eigenvalue weighted by Gasteiger charge is 2.20. The van der Waals surface area contributed by atoms with Crippen molar-refractivity contribution >= 4 is 18.1 Å². The van der Waals surface area contributed by atoms with Crippen molar-refractivity contribution in [3.8, 4) is 0 Å². The molecule has 7 heteroatoms. The van der Waals surface area contributed by atoms with E-state index in [1.165, 1.54) is 10.5 Å². The first-order valence-corrected chi connectivity index (χ1v) is 12.1. The predicted octanol–water partition coefficient (Wildman–Crippen LogP) is 3.88.